The van der Waals surface area contributed by atoms with Gasteiger partial charge in [-0.1, -0.05) is 12.1 Å². The topological polar surface area (TPSA) is 32.3 Å². The Bertz CT molecular complexity index is 197. The van der Waals surface area contributed by atoms with Crippen LogP contribution in [-0.2, 0) is 6.54 Å². The van der Waals surface area contributed by atoms with Gasteiger partial charge in [0, 0.05) is 6.54 Å². The molecular weight excluding hydrogens is 150 g/mol. The molecule has 2 N–H and O–H groups in total. The molecule has 0 aliphatic heterocycles. The number of phenolic OH excluding ortho intramolecular Hbond substituents is 1. The van der Waals surface area contributed by atoms with E-state index in [0.717, 1.165) is 5.56 Å². The summed E-state index contributed by atoms with van der Waals surface area (Å²) < 4.78 is 0. The first-order chi connectivity index (χ1) is 4.83. The fourth-order valence-corrected chi connectivity index (χ4v) is 0.845. The first-order valence-electron chi connectivity index (χ1n) is 2.94. The number of aromatic hydroxyl groups is 1. The molecule has 0 bridgehead atoms. The van der Waals surface area contributed by atoms with Gasteiger partial charge in [0.25, 0.3) is 0 Å². The van der Waals surface area contributed by atoms with Crippen molar-refractivity contribution in [2.75, 3.05) is 0 Å². The number of rotatable bonds is 2. The molecule has 1 aromatic carbocycles. The Kier molecular flexibility index (Phi) is 2.54. The van der Waals surface area contributed by atoms with Crippen LogP contribution in [-0.4, -0.2) is 5.11 Å². The van der Waals surface area contributed by atoms with Crippen LogP contribution in [0.2, 0.25) is 0 Å². The molecule has 3 heteroatoms. The molecule has 54 valence electrons. The average Bonchev–Trinajstić information content (AvgIpc) is 1.95. The molecule has 0 amide bonds. The third kappa shape index (κ3) is 1.90. The lowest BCUT2D eigenvalue weighted by atomic mass is 10.2. The SMILES string of the molecule is Oc1ccc(CNCl)cc1. The smallest absolute Gasteiger partial charge is 0.115 e. The molecule has 0 saturated carbocycles. The molecule has 0 saturated heterocycles. The van der Waals surface area contributed by atoms with Crippen LogP contribution >= 0.6 is 11.8 Å². The lowest BCUT2D eigenvalue weighted by molar-refractivity contribution is 0.475. The van der Waals surface area contributed by atoms with Crippen LogP contribution in [0.1, 0.15) is 5.56 Å². The summed E-state index contributed by atoms with van der Waals surface area (Å²) in [4.78, 5) is 2.49. The molecule has 0 aromatic heterocycles. The minimum absolute atomic E-state index is 0.276. The first-order valence-corrected chi connectivity index (χ1v) is 3.32. The molecule has 1 aromatic rings. The van der Waals surface area contributed by atoms with Crippen molar-refractivity contribution in [3.05, 3.63) is 29.8 Å². The monoisotopic (exact) mass is 157 g/mol. The van der Waals surface area contributed by atoms with Gasteiger partial charge in [-0.05, 0) is 29.5 Å². The highest BCUT2D eigenvalue weighted by atomic mass is 35.5. The van der Waals surface area contributed by atoms with Crippen molar-refractivity contribution >= 4 is 11.8 Å². The summed E-state index contributed by atoms with van der Waals surface area (Å²) in [6.07, 6.45) is 0. The minimum Gasteiger partial charge on any atom is -0.508 e. The average molecular weight is 158 g/mol. The summed E-state index contributed by atoms with van der Waals surface area (Å²) in [7, 11) is 0. The van der Waals surface area contributed by atoms with E-state index in [1.54, 1.807) is 12.1 Å². The largest absolute Gasteiger partial charge is 0.508 e. The quantitative estimate of drug-likeness (QED) is 0.640. The summed E-state index contributed by atoms with van der Waals surface area (Å²) in [6, 6.07) is 6.88. The van der Waals surface area contributed by atoms with Crippen molar-refractivity contribution in [1.82, 2.24) is 4.84 Å². The van der Waals surface area contributed by atoms with Gasteiger partial charge in [0.1, 0.15) is 5.75 Å². The third-order valence-corrected chi connectivity index (χ3v) is 1.34. The summed E-state index contributed by atoms with van der Waals surface area (Å²) in [6.45, 7) is 0.613. The van der Waals surface area contributed by atoms with E-state index in [4.69, 9.17) is 16.9 Å². The van der Waals surface area contributed by atoms with Gasteiger partial charge in [-0.3, -0.25) is 0 Å². The molecule has 0 aliphatic rings. The number of phenols is 1. The van der Waals surface area contributed by atoms with Gasteiger partial charge in [0.2, 0.25) is 0 Å². The summed E-state index contributed by atoms with van der Waals surface area (Å²) >= 11 is 5.26. The molecule has 0 atom stereocenters. The maximum Gasteiger partial charge on any atom is 0.115 e. The van der Waals surface area contributed by atoms with Crippen LogP contribution in [0.4, 0.5) is 0 Å². The predicted molar refractivity (Wildman–Crippen MR) is 40.8 cm³/mol. The highest BCUT2D eigenvalue weighted by molar-refractivity contribution is 6.13. The van der Waals surface area contributed by atoms with E-state index < -0.39 is 0 Å². The fourth-order valence-electron chi connectivity index (χ4n) is 0.691. The predicted octanol–water partition coefficient (Wildman–Crippen LogP) is 1.64. The molecule has 0 radical (unpaired) electrons. The Hall–Kier alpha value is -0.730. The van der Waals surface area contributed by atoms with Crippen LogP contribution < -0.4 is 4.84 Å². The van der Waals surface area contributed by atoms with Crippen molar-refractivity contribution in [2.24, 2.45) is 0 Å². The zero-order valence-electron chi connectivity index (χ0n) is 5.34. The van der Waals surface area contributed by atoms with E-state index in [1.807, 2.05) is 12.1 Å². The van der Waals surface area contributed by atoms with Gasteiger partial charge in [-0.2, -0.15) is 0 Å². The van der Waals surface area contributed by atoms with E-state index >= 15 is 0 Å². The molecule has 0 fully saturated rings. The Morgan fingerprint density at radius 1 is 1.30 bits per heavy atom. The lowest BCUT2D eigenvalue weighted by Gasteiger charge is -1.96. The lowest BCUT2D eigenvalue weighted by Crippen LogP contribution is -1.96. The van der Waals surface area contributed by atoms with Crippen molar-refractivity contribution in [3.63, 3.8) is 0 Å². The van der Waals surface area contributed by atoms with Gasteiger partial charge >= 0.3 is 0 Å². The molecule has 2 nitrogen and oxygen atoms in total. The Labute approximate surface area is 64.6 Å². The van der Waals surface area contributed by atoms with Crippen molar-refractivity contribution in [2.45, 2.75) is 6.54 Å². The second-order valence-electron chi connectivity index (χ2n) is 1.98. The maximum absolute atomic E-state index is 8.87. The molecule has 0 spiro atoms. The van der Waals surface area contributed by atoms with E-state index in [0.29, 0.717) is 6.54 Å². The molecule has 0 unspecified atom stereocenters. The van der Waals surface area contributed by atoms with Crippen LogP contribution in [0.15, 0.2) is 24.3 Å². The van der Waals surface area contributed by atoms with Gasteiger partial charge in [-0.15, -0.1) is 0 Å². The first kappa shape index (κ1) is 7.38. The Morgan fingerprint density at radius 3 is 2.40 bits per heavy atom. The maximum atomic E-state index is 8.87. The summed E-state index contributed by atoms with van der Waals surface area (Å²) in [5, 5.41) is 8.87. The van der Waals surface area contributed by atoms with Gasteiger partial charge in [0.15, 0.2) is 0 Å². The zero-order valence-corrected chi connectivity index (χ0v) is 6.10. The van der Waals surface area contributed by atoms with Crippen molar-refractivity contribution in [3.8, 4) is 5.75 Å². The molecule has 0 heterocycles. The van der Waals surface area contributed by atoms with E-state index in [-0.39, 0.29) is 5.75 Å². The number of nitrogens with one attached hydrogen (secondary N) is 1. The van der Waals surface area contributed by atoms with E-state index in [1.165, 1.54) is 0 Å². The zero-order chi connectivity index (χ0) is 7.40. The van der Waals surface area contributed by atoms with Crippen LogP contribution in [0, 0.1) is 0 Å². The number of hydrogen-bond acceptors (Lipinski definition) is 2. The normalized spacial score (nSPS) is 9.70. The highest BCUT2D eigenvalue weighted by Gasteiger charge is 1.89. The van der Waals surface area contributed by atoms with Crippen molar-refractivity contribution in [1.29, 1.82) is 0 Å². The van der Waals surface area contributed by atoms with Crippen molar-refractivity contribution < 1.29 is 5.11 Å². The van der Waals surface area contributed by atoms with Crippen LogP contribution in [0.5, 0.6) is 5.75 Å². The summed E-state index contributed by atoms with van der Waals surface area (Å²) in [5.41, 5.74) is 1.05. The second-order valence-corrected chi connectivity index (χ2v) is 2.24. The highest BCUT2D eigenvalue weighted by Crippen LogP contribution is 2.08. The third-order valence-electron chi connectivity index (χ3n) is 1.21. The number of hydrogen-bond donors (Lipinski definition) is 2. The molecule has 1 rings (SSSR count). The molecular formula is C7H8ClNO. The van der Waals surface area contributed by atoms with E-state index in [9.17, 15) is 0 Å². The van der Waals surface area contributed by atoms with Crippen LogP contribution in [0.25, 0.3) is 0 Å². The number of benzene rings is 1. The second kappa shape index (κ2) is 3.44. The van der Waals surface area contributed by atoms with Gasteiger partial charge in [-0.25, -0.2) is 4.84 Å². The summed E-state index contributed by atoms with van der Waals surface area (Å²) in [5.74, 6) is 0.276. The van der Waals surface area contributed by atoms with Crippen LogP contribution in [0.3, 0.4) is 0 Å². The number of halogens is 1. The van der Waals surface area contributed by atoms with Gasteiger partial charge in [0.05, 0.1) is 0 Å². The fraction of sp³-hybridized carbons (Fsp3) is 0.143. The Balaban J connectivity index is 2.69. The van der Waals surface area contributed by atoms with E-state index in [2.05, 4.69) is 4.84 Å². The minimum atomic E-state index is 0.276. The molecule has 10 heavy (non-hydrogen) atoms. The Morgan fingerprint density at radius 2 is 1.90 bits per heavy atom. The molecule has 0 aliphatic carbocycles. The standard InChI is InChI=1S/C7H8ClNO/c8-9-5-6-1-3-7(10)4-2-6/h1-4,9-10H,5H2. The van der Waals surface area contributed by atoms with Gasteiger partial charge < -0.3 is 5.11 Å².